The van der Waals surface area contributed by atoms with Crippen LogP contribution in [0.25, 0.3) is 0 Å². The highest BCUT2D eigenvalue weighted by Gasteiger charge is 2.75. The Morgan fingerprint density at radius 2 is 1.71 bits per heavy atom. The van der Waals surface area contributed by atoms with E-state index in [0.29, 0.717) is 55.8 Å². The van der Waals surface area contributed by atoms with E-state index in [1.54, 1.807) is 6.08 Å². The molecule has 6 heteroatoms. The molecule has 4 fully saturated rings. The number of benzene rings is 1. The van der Waals surface area contributed by atoms with Gasteiger partial charge in [0.15, 0.2) is 0 Å². The van der Waals surface area contributed by atoms with Crippen LogP contribution in [0.5, 0.6) is 0 Å². The maximum atomic E-state index is 13.9. The second-order valence-corrected chi connectivity index (χ2v) is 18.7. The molecule has 0 amide bonds. The highest BCUT2D eigenvalue weighted by atomic mass is 16.5. The van der Waals surface area contributed by atoms with Crippen LogP contribution in [0.2, 0.25) is 0 Å². The van der Waals surface area contributed by atoms with Crippen LogP contribution in [0.3, 0.4) is 0 Å². The lowest BCUT2D eigenvalue weighted by molar-refractivity contribution is -0.313. The highest BCUT2D eigenvalue weighted by molar-refractivity contribution is 5.85. The number of aliphatic hydroxyl groups excluding tert-OH is 1. The molecule has 1 spiro atoms. The predicted octanol–water partition coefficient (Wildman–Crippen LogP) is 9.05. The minimum absolute atomic E-state index is 0.198. The molecule has 1 aromatic rings. The summed E-state index contributed by atoms with van der Waals surface area (Å²) in [5.74, 6) is 7.10. The zero-order chi connectivity index (χ0) is 36.6. The lowest BCUT2D eigenvalue weighted by Gasteiger charge is -2.71. The van der Waals surface area contributed by atoms with Gasteiger partial charge < -0.3 is 19.7 Å². The van der Waals surface area contributed by atoms with E-state index < -0.39 is 28.6 Å². The predicted molar refractivity (Wildman–Crippen MR) is 203 cm³/mol. The quantitative estimate of drug-likeness (QED) is 0.166. The van der Waals surface area contributed by atoms with Gasteiger partial charge in [-0.05, 0) is 118 Å². The number of cyclic esters (lactones) is 1. The lowest BCUT2D eigenvalue weighted by Crippen LogP contribution is -2.76. The third-order valence-electron chi connectivity index (χ3n) is 15.7. The van der Waals surface area contributed by atoms with Crippen LogP contribution in [-0.4, -0.2) is 46.6 Å². The molecule has 52 heavy (non-hydrogen) atoms. The highest BCUT2D eigenvalue weighted by Crippen LogP contribution is 2.73. The minimum Gasteiger partial charge on any atom is -0.462 e. The molecule has 0 saturated heterocycles. The van der Waals surface area contributed by atoms with Gasteiger partial charge in [-0.1, -0.05) is 82.2 Å². The molecule has 1 aromatic carbocycles. The third kappa shape index (κ3) is 6.81. The van der Waals surface area contributed by atoms with Gasteiger partial charge in [-0.15, -0.1) is 5.92 Å². The van der Waals surface area contributed by atoms with Crippen molar-refractivity contribution in [1.82, 2.24) is 0 Å². The molecule has 1 unspecified atom stereocenters. The van der Waals surface area contributed by atoms with Gasteiger partial charge in [0.2, 0.25) is 0 Å². The molecular formula is C46H64O6. The van der Waals surface area contributed by atoms with Crippen LogP contribution in [0.15, 0.2) is 42.0 Å². The van der Waals surface area contributed by atoms with E-state index in [0.717, 1.165) is 44.1 Å². The molecule has 9 atom stereocenters. The van der Waals surface area contributed by atoms with Crippen LogP contribution >= 0.6 is 0 Å². The van der Waals surface area contributed by atoms with E-state index in [1.807, 2.05) is 0 Å². The first-order valence-corrected chi connectivity index (χ1v) is 20.9. The number of carbonyl (C=O) groups excluding carboxylic acids is 2. The zero-order valence-electron chi connectivity index (χ0n) is 32.2. The summed E-state index contributed by atoms with van der Waals surface area (Å²) in [4.78, 5) is 25.7. The van der Waals surface area contributed by atoms with Crippen molar-refractivity contribution < 1.29 is 29.3 Å². The average molecular weight is 713 g/mol. The third-order valence-corrected chi connectivity index (χ3v) is 15.7. The summed E-state index contributed by atoms with van der Waals surface area (Å²) < 4.78 is 11.9. The lowest BCUT2D eigenvalue weighted by atomic mass is 9.36. The van der Waals surface area contributed by atoms with Crippen LogP contribution in [0.1, 0.15) is 148 Å². The fraction of sp³-hybridized carbons (Fsp3) is 0.739. The summed E-state index contributed by atoms with van der Waals surface area (Å²) in [5, 5.41) is 26.7. The molecule has 4 saturated carbocycles. The van der Waals surface area contributed by atoms with Crippen LogP contribution < -0.4 is 0 Å². The minimum atomic E-state index is -1.38. The second-order valence-electron chi connectivity index (χ2n) is 18.7. The van der Waals surface area contributed by atoms with Crippen molar-refractivity contribution in [3.05, 3.63) is 47.5 Å². The van der Waals surface area contributed by atoms with Gasteiger partial charge in [0.05, 0.1) is 23.5 Å². The Labute approximate surface area is 312 Å². The van der Waals surface area contributed by atoms with Crippen molar-refractivity contribution in [2.45, 2.75) is 167 Å². The van der Waals surface area contributed by atoms with E-state index in [4.69, 9.17) is 9.47 Å². The van der Waals surface area contributed by atoms with E-state index in [9.17, 15) is 19.8 Å². The first kappa shape index (κ1) is 37.7. The van der Waals surface area contributed by atoms with Gasteiger partial charge in [-0.25, -0.2) is 4.79 Å². The summed E-state index contributed by atoms with van der Waals surface area (Å²) in [6.07, 6.45) is 18.6. The molecule has 6 nitrogen and oxygen atoms in total. The van der Waals surface area contributed by atoms with E-state index in [2.05, 4.69) is 62.9 Å². The van der Waals surface area contributed by atoms with Crippen LogP contribution in [-0.2, 0) is 25.5 Å². The Kier molecular flexibility index (Phi) is 10.8. The first-order chi connectivity index (χ1) is 24.9. The van der Waals surface area contributed by atoms with Crippen molar-refractivity contribution in [1.29, 1.82) is 0 Å². The fourth-order valence-corrected chi connectivity index (χ4v) is 13.0. The number of esters is 2. The zero-order valence-corrected chi connectivity index (χ0v) is 32.2. The summed E-state index contributed by atoms with van der Waals surface area (Å²) in [7, 11) is 0. The van der Waals surface area contributed by atoms with Gasteiger partial charge in [-0.2, -0.15) is 0 Å². The summed E-state index contributed by atoms with van der Waals surface area (Å²) in [6.45, 7) is 7.12. The standard InChI is InChI=1S/C46H64O6/c1-33(13-11-17-34-15-5-4-6-16-34)14-12-25-45-38(47)21-26-43(3,36-20-27-44(30-36)23-9-10-24-44)41(45)37-31-42(2,22-8-7-18-39(48)52-37)46(45,50)28-19-35-29-40(49)51-32-35/h4-6,15-16,29,33,36-38,41,47,50H,7,9-14,17-21,23-28,30-32H2,1-3H3/t33-,36-,37+,38+,41?,42+,43+,45+,46-/m1/s1. The number of carbonyl (C=O) groups is 2. The fourth-order valence-electron chi connectivity index (χ4n) is 13.0. The number of aryl methyl sites for hydroxylation is 1. The van der Waals surface area contributed by atoms with Gasteiger partial charge in [0.25, 0.3) is 0 Å². The van der Waals surface area contributed by atoms with E-state index in [-0.39, 0.29) is 36.3 Å². The van der Waals surface area contributed by atoms with Gasteiger partial charge >= 0.3 is 11.9 Å². The Hall–Kier alpha value is -2.62. The number of rotatable bonds is 12. The first-order valence-electron chi connectivity index (χ1n) is 20.9. The number of ether oxygens (including phenoxy) is 2. The maximum absolute atomic E-state index is 13.9. The summed E-state index contributed by atoms with van der Waals surface area (Å²) in [6, 6.07) is 10.7. The number of hydrogen-bond donors (Lipinski definition) is 2. The molecule has 0 radical (unpaired) electrons. The van der Waals surface area contributed by atoms with Crippen molar-refractivity contribution in [2.24, 2.45) is 39.4 Å². The maximum Gasteiger partial charge on any atom is 0.331 e. The molecule has 4 aliphatic carbocycles. The Bertz CT molecular complexity index is 1550. The van der Waals surface area contributed by atoms with E-state index >= 15 is 0 Å². The molecular weight excluding hydrogens is 649 g/mol. The van der Waals surface area contributed by atoms with Crippen LogP contribution in [0, 0.1) is 51.3 Å². The SMILES string of the molecule is C[C@H](CCCc1ccccc1)CCC[C@]12C([C@@H]3C[C@](C)(C#CCCC(=O)O3)[C@]1(O)CCC1=CC(=O)OC1)[C@](C)([C@@H]1CCC3(CCCC3)C1)CC[C@@H]2O. The summed E-state index contributed by atoms with van der Waals surface area (Å²) >= 11 is 0. The van der Waals surface area contributed by atoms with E-state index in [1.165, 1.54) is 50.5 Å². The average Bonchev–Trinajstić information content (AvgIpc) is 3.89. The number of aliphatic hydroxyl groups is 2. The molecule has 7 rings (SSSR count). The van der Waals surface area contributed by atoms with Gasteiger partial charge in [0.1, 0.15) is 12.7 Å². The van der Waals surface area contributed by atoms with Crippen LogP contribution in [0.4, 0.5) is 0 Å². The molecule has 6 aliphatic rings. The van der Waals surface area contributed by atoms with Crippen molar-refractivity contribution in [2.75, 3.05) is 6.61 Å². The van der Waals surface area contributed by atoms with Crippen molar-refractivity contribution in [3.63, 3.8) is 0 Å². The summed E-state index contributed by atoms with van der Waals surface area (Å²) in [5.41, 5.74) is -0.746. The molecule has 284 valence electrons. The number of fused-ring (bicyclic) bond motifs is 4. The molecule has 0 aromatic heterocycles. The monoisotopic (exact) mass is 712 g/mol. The van der Waals surface area contributed by atoms with Gasteiger partial charge in [0, 0.05) is 30.3 Å². The van der Waals surface area contributed by atoms with Gasteiger partial charge in [-0.3, -0.25) is 4.79 Å². The van der Waals surface area contributed by atoms with Crippen molar-refractivity contribution in [3.8, 4) is 11.8 Å². The molecule has 2 heterocycles. The number of hydrogen-bond acceptors (Lipinski definition) is 6. The Morgan fingerprint density at radius 3 is 2.46 bits per heavy atom. The second kappa shape index (κ2) is 14.9. The molecule has 2 N–H and O–H groups in total. The Balaban J connectivity index is 1.26. The topological polar surface area (TPSA) is 93.1 Å². The molecule has 2 bridgehead atoms. The Morgan fingerprint density at radius 1 is 0.942 bits per heavy atom. The largest absolute Gasteiger partial charge is 0.462 e. The molecule has 2 aliphatic heterocycles. The smallest absolute Gasteiger partial charge is 0.331 e. The van der Waals surface area contributed by atoms with Crippen molar-refractivity contribution >= 4 is 11.9 Å². The normalized spacial score (nSPS) is 38.6.